The molecule has 0 amide bonds. The predicted octanol–water partition coefficient (Wildman–Crippen LogP) is 6.12. The summed E-state index contributed by atoms with van der Waals surface area (Å²) in [4.78, 5) is 25.9. The van der Waals surface area contributed by atoms with Crippen LogP contribution in [0.4, 0.5) is 0 Å². The second-order valence-corrected chi connectivity index (χ2v) is 9.92. The summed E-state index contributed by atoms with van der Waals surface area (Å²) in [6, 6.07) is 0. The van der Waals surface area contributed by atoms with Gasteiger partial charge in [0.15, 0.2) is 0 Å². The van der Waals surface area contributed by atoms with Crippen molar-refractivity contribution in [2.75, 3.05) is 0 Å². The Morgan fingerprint density at radius 3 is 1.35 bits per heavy atom. The van der Waals surface area contributed by atoms with Gasteiger partial charge in [0.2, 0.25) is 0 Å². The van der Waals surface area contributed by atoms with Crippen LogP contribution in [0.2, 0.25) is 0 Å². The molecule has 0 bridgehead atoms. The summed E-state index contributed by atoms with van der Waals surface area (Å²) in [5.41, 5.74) is 0. The maximum Gasteiger partial charge on any atom is 0.136 e. The van der Waals surface area contributed by atoms with Gasteiger partial charge in [0.1, 0.15) is 11.6 Å². The third-order valence-corrected chi connectivity index (χ3v) is 8.59. The van der Waals surface area contributed by atoms with Crippen molar-refractivity contribution in [2.45, 2.75) is 103 Å². The molecule has 4 saturated carbocycles. The van der Waals surface area contributed by atoms with E-state index in [0.717, 1.165) is 24.7 Å². The van der Waals surface area contributed by atoms with Gasteiger partial charge in [0.05, 0.1) is 0 Å². The maximum absolute atomic E-state index is 13.0. The molecule has 4 fully saturated rings. The normalized spacial score (nSPS) is 40.3. The zero-order valence-electron chi connectivity index (χ0n) is 16.6. The average molecular weight is 359 g/mol. The Labute approximate surface area is 159 Å². The SMILES string of the molecule is O=C(CCC(=O)C1CCCC2CCCCC21)C1CCCC2CCCCC21. The number of carbonyl (C=O) groups is 2. The molecule has 0 aliphatic heterocycles. The summed E-state index contributed by atoms with van der Waals surface area (Å²) >= 11 is 0. The van der Waals surface area contributed by atoms with Gasteiger partial charge in [-0.25, -0.2) is 0 Å². The van der Waals surface area contributed by atoms with Gasteiger partial charge in [0.25, 0.3) is 0 Å². The summed E-state index contributed by atoms with van der Waals surface area (Å²) in [6.45, 7) is 0. The van der Waals surface area contributed by atoms with Gasteiger partial charge in [-0.3, -0.25) is 9.59 Å². The Bertz CT molecular complexity index is 460. The molecule has 6 atom stereocenters. The fraction of sp³-hybridized carbons (Fsp3) is 0.917. The Morgan fingerprint density at radius 2 is 0.885 bits per heavy atom. The van der Waals surface area contributed by atoms with Gasteiger partial charge < -0.3 is 0 Å². The number of rotatable bonds is 5. The van der Waals surface area contributed by atoms with E-state index in [1.165, 1.54) is 77.0 Å². The molecule has 4 aliphatic rings. The lowest BCUT2D eigenvalue weighted by Gasteiger charge is -2.41. The average Bonchev–Trinajstić information content (AvgIpc) is 2.71. The monoisotopic (exact) mass is 358 g/mol. The first-order valence-electron chi connectivity index (χ1n) is 11.8. The van der Waals surface area contributed by atoms with E-state index < -0.39 is 0 Å². The zero-order valence-corrected chi connectivity index (χ0v) is 16.6. The lowest BCUT2D eigenvalue weighted by molar-refractivity contribution is -0.133. The van der Waals surface area contributed by atoms with Crippen LogP contribution >= 0.6 is 0 Å². The number of hydrogen-bond donors (Lipinski definition) is 0. The number of fused-ring (bicyclic) bond motifs is 2. The van der Waals surface area contributed by atoms with Crippen LogP contribution in [0.25, 0.3) is 0 Å². The van der Waals surface area contributed by atoms with Gasteiger partial charge in [-0.15, -0.1) is 0 Å². The van der Waals surface area contributed by atoms with Gasteiger partial charge in [-0.05, 0) is 49.4 Å². The summed E-state index contributed by atoms with van der Waals surface area (Å²) in [5, 5.41) is 0. The minimum Gasteiger partial charge on any atom is -0.299 e. The molecule has 2 heteroatoms. The van der Waals surface area contributed by atoms with Crippen LogP contribution in [0.1, 0.15) is 103 Å². The highest BCUT2D eigenvalue weighted by atomic mass is 16.1. The molecule has 0 spiro atoms. The van der Waals surface area contributed by atoms with Crippen molar-refractivity contribution in [3.8, 4) is 0 Å². The minimum atomic E-state index is 0.288. The lowest BCUT2D eigenvalue weighted by atomic mass is 9.63. The number of ketones is 2. The van der Waals surface area contributed by atoms with E-state index in [2.05, 4.69) is 0 Å². The van der Waals surface area contributed by atoms with Crippen LogP contribution in [-0.2, 0) is 9.59 Å². The summed E-state index contributed by atoms with van der Waals surface area (Å²) in [7, 11) is 0. The van der Waals surface area contributed by atoms with E-state index in [9.17, 15) is 9.59 Å². The second kappa shape index (κ2) is 8.57. The molecular weight excluding hydrogens is 320 g/mol. The quantitative estimate of drug-likeness (QED) is 0.593. The second-order valence-electron chi connectivity index (χ2n) is 9.92. The van der Waals surface area contributed by atoms with Crippen molar-refractivity contribution in [2.24, 2.45) is 35.5 Å². The molecular formula is C24H38O2. The molecule has 0 aromatic heterocycles. The number of hydrogen-bond acceptors (Lipinski definition) is 2. The lowest BCUT2D eigenvalue weighted by Crippen LogP contribution is -2.37. The molecule has 26 heavy (non-hydrogen) atoms. The van der Waals surface area contributed by atoms with Gasteiger partial charge in [-0.2, -0.15) is 0 Å². The first kappa shape index (κ1) is 18.7. The Morgan fingerprint density at radius 1 is 0.500 bits per heavy atom. The fourth-order valence-electron chi connectivity index (χ4n) is 7.29. The third kappa shape index (κ3) is 3.94. The van der Waals surface area contributed by atoms with E-state index in [0.29, 0.717) is 36.2 Å². The highest BCUT2D eigenvalue weighted by Gasteiger charge is 2.40. The number of Topliss-reactive ketones (excluding diaryl/α,β-unsaturated/α-hetero) is 2. The molecule has 4 aliphatic carbocycles. The molecule has 2 nitrogen and oxygen atoms in total. The standard InChI is InChI=1S/C24H38O2/c25-23(21-13-5-9-17-7-1-3-11-19(17)21)15-16-24(26)22-14-6-10-18-8-2-4-12-20(18)22/h17-22H,1-16H2. The van der Waals surface area contributed by atoms with E-state index in [-0.39, 0.29) is 11.8 Å². The van der Waals surface area contributed by atoms with Gasteiger partial charge >= 0.3 is 0 Å². The van der Waals surface area contributed by atoms with Crippen LogP contribution in [0.15, 0.2) is 0 Å². The van der Waals surface area contributed by atoms with Crippen molar-refractivity contribution in [3.63, 3.8) is 0 Å². The van der Waals surface area contributed by atoms with Crippen molar-refractivity contribution >= 4 is 11.6 Å². The zero-order chi connectivity index (χ0) is 17.9. The predicted molar refractivity (Wildman–Crippen MR) is 105 cm³/mol. The van der Waals surface area contributed by atoms with Gasteiger partial charge in [0, 0.05) is 24.7 Å². The summed E-state index contributed by atoms with van der Waals surface area (Å²) in [5.74, 6) is 4.37. The van der Waals surface area contributed by atoms with Crippen molar-refractivity contribution < 1.29 is 9.59 Å². The van der Waals surface area contributed by atoms with Gasteiger partial charge in [-0.1, -0.05) is 64.2 Å². The largest absolute Gasteiger partial charge is 0.299 e. The fourth-order valence-corrected chi connectivity index (χ4v) is 7.29. The first-order valence-corrected chi connectivity index (χ1v) is 11.8. The molecule has 146 valence electrons. The van der Waals surface area contributed by atoms with Crippen LogP contribution in [-0.4, -0.2) is 11.6 Å². The first-order chi connectivity index (χ1) is 12.7. The van der Waals surface area contributed by atoms with E-state index in [4.69, 9.17) is 0 Å². The number of carbonyl (C=O) groups excluding carboxylic acids is 2. The van der Waals surface area contributed by atoms with Crippen molar-refractivity contribution in [1.29, 1.82) is 0 Å². The Balaban J connectivity index is 1.31. The van der Waals surface area contributed by atoms with E-state index in [1.807, 2.05) is 0 Å². The molecule has 0 heterocycles. The third-order valence-electron chi connectivity index (χ3n) is 8.59. The summed E-state index contributed by atoms with van der Waals surface area (Å²) < 4.78 is 0. The smallest absolute Gasteiger partial charge is 0.136 e. The Hall–Kier alpha value is -0.660. The van der Waals surface area contributed by atoms with Crippen LogP contribution in [0.3, 0.4) is 0 Å². The molecule has 0 N–H and O–H groups in total. The minimum absolute atomic E-state index is 0.288. The topological polar surface area (TPSA) is 34.1 Å². The molecule has 0 aromatic rings. The molecule has 0 radical (unpaired) electrons. The van der Waals surface area contributed by atoms with Crippen LogP contribution in [0.5, 0.6) is 0 Å². The van der Waals surface area contributed by atoms with E-state index >= 15 is 0 Å². The molecule has 4 rings (SSSR count). The van der Waals surface area contributed by atoms with E-state index in [1.54, 1.807) is 0 Å². The highest BCUT2D eigenvalue weighted by Crippen LogP contribution is 2.46. The molecule has 0 saturated heterocycles. The maximum atomic E-state index is 13.0. The Kier molecular flexibility index (Phi) is 6.16. The van der Waals surface area contributed by atoms with Crippen molar-refractivity contribution in [1.82, 2.24) is 0 Å². The molecule has 0 aromatic carbocycles. The molecule has 6 unspecified atom stereocenters. The summed E-state index contributed by atoms with van der Waals surface area (Å²) in [6.07, 6.45) is 19.0. The van der Waals surface area contributed by atoms with Crippen LogP contribution < -0.4 is 0 Å². The van der Waals surface area contributed by atoms with Crippen LogP contribution in [0, 0.1) is 35.5 Å². The van der Waals surface area contributed by atoms with Crippen molar-refractivity contribution in [3.05, 3.63) is 0 Å². The highest BCUT2D eigenvalue weighted by molar-refractivity contribution is 5.88.